The minimum Gasteiger partial charge on any atom is -0.299 e. The molecule has 0 spiro atoms. The lowest BCUT2D eigenvalue weighted by Crippen LogP contribution is -2.47. The van der Waals surface area contributed by atoms with Gasteiger partial charge in [0.1, 0.15) is 6.04 Å². The van der Waals surface area contributed by atoms with Crippen LogP contribution in [-0.2, 0) is 14.8 Å². The number of thioether (sulfide) groups is 1. The molecule has 0 saturated heterocycles. The van der Waals surface area contributed by atoms with Gasteiger partial charge in [-0.05, 0) is 37.0 Å². The molecular weight excluding hydrogens is 452 g/mol. The van der Waals surface area contributed by atoms with Crippen LogP contribution in [0.1, 0.15) is 32.8 Å². The highest BCUT2D eigenvalue weighted by atomic mass is 35.5. The highest BCUT2D eigenvalue weighted by molar-refractivity contribution is 8.01. The van der Waals surface area contributed by atoms with Crippen molar-refractivity contribution in [2.75, 3.05) is 21.6 Å². The van der Waals surface area contributed by atoms with Crippen LogP contribution in [-0.4, -0.2) is 42.6 Å². The highest BCUT2D eigenvalue weighted by Crippen LogP contribution is 2.31. The summed E-state index contributed by atoms with van der Waals surface area (Å²) in [4.78, 5) is 13.0. The van der Waals surface area contributed by atoms with Gasteiger partial charge in [-0.3, -0.25) is 14.4 Å². The second-order valence-electron chi connectivity index (χ2n) is 6.98. The number of amides is 1. The third-order valence-electron chi connectivity index (χ3n) is 3.92. The summed E-state index contributed by atoms with van der Waals surface area (Å²) in [6, 6.07) is 4.01. The van der Waals surface area contributed by atoms with Crippen LogP contribution in [0.15, 0.2) is 22.5 Å². The number of hydrogen-bond donors (Lipinski definition) is 1. The van der Waals surface area contributed by atoms with E-state index in [0.717, 1.165) is 20.7 Å². The lowest BCUT2D eigenvalue weighted by atomic mass is 10.1. The first-order valence-electron chi connectivity index (χ1n) is 9.05. The minimum absolute atomic E-state index is 0.276. The lowest BCUT2D eigenvalue weighted by Gasteiger charge is -2.31. The van der Waals surface area contributed by atoms with Crippen molar-refractivity contribution in [2.45, 2.75) is 44.5 Å². The summed E-state index contributed by atoms with van der Waals surface area (Å²) in [6.07, 6.45) is 1.35. The van der Waals surface area contributed by atoms with Crippen molar-refractivity contribution < 1.29 is 13.2 Å². The third-order valence-corrected chi connectivity index (χ3v) is 7.71. The van der Waals surface area contributed by atoms with Crippen molar-refractivity contribution in [2.24, 2.45) is 5.92 Å². The number of anilines is 2. The van der Waals surface area contributed by atoms with Crippen molar-refractivity contribution in [3.8, 4) is 0 Å². The Morgan fingerprint density at radius 1 is 1.34 bits per heavy atom. The molecule has 1 amide bonds. The van der Waals surface area contributed by atoms with Gasteiger partial charge in [0.15, 0.2) is 4.34 Å². The SMILES string of the molecule is CCC(C(=O)Nc1nnc(SCC(C)C)s1)N(c1cc(Cl)ccc1C)S(C)(=O)=O. The molecule has 1 heterocycles. The van der Waals surface area contributed by atoms with Crippen molar-refractivity contribution in [3.63, 3.8) is 0 Å². The van der Waals surface area contributed by atoms with E-state index in [9.17, 15) is 13.2 Å². The van der Waals surface area contributed by atoms with Gasteiger partial charge in [0.05, 0.1) is 11.9 Å². The summed E-state index contributed by atoms with van der Waals surface area (Å²) in [5.74, 6) is 0.945. The van der Waals surface area contributed by atoms with E-state index in [-0.39, 0.29) is 6.42 Å². The molecule has 1 atom stereocenters. The average molecular weight is 477 g/mol. The standard InChI is InChI=1S/C18H25ClN4O3S3/c1-6-14(16(24)20-17-21-22-18(28-17)27-10-11(2)3)23(29(5,25)26)15-9-13(19)8-7-12(15)4/h7-9,11,14H,6,10H2,1-5H3,(H,20,21,24). The molecule has 1 unspecified atom stereocenters. The quantitative estimate of drug-likeness (QED) is 0.425. The zero-order chi connectivity index (χ0) is 21.8. The molecule has 0 fully saturated rings. The summed E-state index contributed by atoms with van der Waals surface area (Å²) < 4.78 is 27.0. The predicted octanol–water partition coefficient (Wildman–Crippen LogP) is 4.43. The predicted molar refractivity (Wildman–Crippen MR) is 122 cm³/mol. The Morgan fingerprint density at radius 2 is 2.03 bits per heavy atom. The molecule has 1 aromatic carbocycles. The molecule has 11 heteroatoms. The van der Waals surface area contributed by atoms with E-state index in [1.807, 2.05) is 0 Å². The Labute approximate surface area is 185 Å². The maximum atomic E-state index is 13.0. The minimum atomic E-state index is -3.74. The van der Waals surface area contributed by atoms with Crippen LogP contribution in [0.25, 0.3) is 0 Å². The van der Waals surface area contributed by atoms with E-state index in [0.29, 0.717) is 27.3 Å². The van der Waals surface area contributed by atoms with Crippen LogP contribution in [0.5, 0.6) is 0 Å². The largest absolute Gasteiger partial charge is 0.299 e. The van der Waals surface area contributed by atoms with Crippen molar-refractivity contribution in [1.82, 2.24) is 10.2 Å². The Hall–Kier alpha value is -1.36. The van der Waals surface area contributed by atoms with Gasteiger partial charge in [-0.1, -0.05) is 61.5 Å². The van der Waals surface area contributed by atoms with E-state index < -0.39 is 22.0 Å². The topological polar surface area (TPSA) is 92.3 Å². The summed E-state index contributed by atoms with van der Waals surface area (Å²) in [6.45, 7) is 7.75. The highest BCUT2D eigenvalue weighted by Gasteiger charge is 2.33. The van der Waals surface area contributed by atoms with E-state index >= 15 is 0 Å². The summed E-state index contributed by atoms with van der Waals surface area (Å²) in [5, 5.41) is 11.5. The number of nitrogens with zero attached hydrogens (tertiary/aromatic N) is 3. The van der Waals surface area contributed by atoms with Gasteiger partial charge in [-0.2, -0.15) is 0 Å². The maximum Gasteiger partial charge on any atom is 0.250 e. The Balaban J connectivity index is 2.28. The van der Waals surface area contributed by atoms with Gasteiger partial charge in [-0.25, -0.2) is 8.42 Å². The van der Waals surface area contributed by atoms with Gasteiger partial charge in [0.25, 0.3) is 0 Å². The van der Waals surface area contributed by atoms with Crippen LogP contribution in [0.2, 0.25) is 5.02 Å². The van der Waals surface area contributed by atoms with Crippen molar-refractivity contribution in [1.29, 1.82) is 0 Å². The van der Waals surface area contributed by atoms with Crippen molar-refractivity contribution >= 4 is 61.4 Å². The summed E-state index contributed by atoms with van der Waals surface area (Å²) in [5.41, 5.74) is 1.09. The smallest absolute Gasteiger partial charge is 0.250 e. The van der Waals surface area contributed by atoms with Gasteiger partial charge in [0.2, 0.25) is 21.1 Å². The van der Waals surface area contributed by atoms with E-state index in [2.05, 4.69) is 29.4 Å². The van der Waals surface area contributed by atoms with Gasteiger partial charge in [0, 0.05) is 10.8 Å². The van der Waals surface area contributed by atoms with Gasteiger partial charge < -0.3 is 0 Å². The molecular formula is C18H25ClN4O3S3. The van der Waals surface area contributed by atoms with Crippen LogP contribution >= 0.6 is 34.7 Å². The van der Waals surface area contributed by atoms with Gasteiger partial charge >= 0.3 is 0 Å². The molecule has 160 valence electrons. The zero-order valence-corrected chi connectivity index (χ0v) is 20.2. The molecule has 0 radical (unpaired) electrons. The zero-order valence-electron chi connectivity index (χ0n) is 17.0. The first-order chi connectivity index (χ1) is 13.5. The normalized spacial score (nSPS) is 12.8. The summed E-state index contributed by atoms with van der Waals surface area (Å²) in [7, 11) is -3.74. The van der Waals surface area contributed by atoms with Crippen LogP contribution in [0.4, 0.5) is 10.8 Å². The Bertz CT molecular complexity index is 963. The fraction of sp³-hybridized carbons (Fsp3) is 0.500. The number of carbonyl (C=O) groups is 1. The fourth-order valence-electron chi connectivity index (χ4n) is 2.60. The molecule has 29 heavy (non-hydrogen) atoms. The summed E-state index contributed by atoms with van der Waals surface area (Å²) >= 11 is 8.93. The number of nitrogens with one attached hydrogen (secondary N) is 1. The maximum absolute atomic E-state index is 13.0. The van der Waals surface area contributed by atoms with Crippen LogP contribution in [0, 0.1) is 12.8 Å². The molecule has 1 N–H and O–H groups in total. The number of carbonyl (C=O) groups excluding carboxylic acids is 1. The molecule has 7 nitrogen and oxygen atoms in total. The number of aryl methyl sites for hydroxylation is 1. The number of rotatable bonds is 9. The first kappa shape index (κ1) is 23.9. The monoisotopic (exact) mass is 476 g/mol. The molecule has 2 rings (SSSR count). The molecule has 0 aliphatic rings. The Morgan fingerprint density at radius 3 is 2.62 bits per heavy atom. The fourth-order valence-corrected chi connectivity index (χ4v) is 5.76. The molecule has 2 aromatic rings. The van der Waals surface area contributed by atoms with E-state index in [1.165, 1.54) is 11.3 Å². The molecule has 0 bridgehead atoms. The van der Waals surface area contributed by atoms with E-state index in [1.54, 1.807) is 43.8 Å². The molecule has 1 aromatic heterocycles. The Kier molecular flexibility index (Phi) is 8.33. The average Bonchev–Trinajstić information content (AvgIpc) is 3.06. The first-order valence-corrected chi connectivity index (χ1v) is 13.1. The number of benzene rings is 1. The van der Waals surface area contributed by atoms with Crippen LogP contribution < -0.4 is 9.62 Å². The third kappa shape index (κ3) is 6.56. The van der Waals surface area contributed by atoms with Crippen LogP contribution in [0.3, 0.4) is 0 Å². The van der Waals surface area contributed by atoms with Gasteiger partial charge in [-0.15, -0.1) is 10.2 Å². The van der Waals surface area contributed by atoms with E-state index in [4.69, 9.17) is 11.6 Å². The number of aromatic nitrogens is 2. The number of halogens is 1. The second kappa shape index (κ2) is 10.1. The molecule has 0 saturated carbocycles. The second-order valence-corrected chi connectivity index (χ2v) is 11.5. The number of sulfonamides is 1. The lowest BCUT2D eigenvalue weighted by molar-refractivity contribution is -0.117. The molecule has 0 aliphatic heterocycles. The van der Waals surface area contributed by atoms with Crippen molar-refractivity contribution in [3.05, 3.63) is 28.8 Å². The molecule has 0 aliphatic carbocycles. The number of hydrogen-bond acceptors (Lipinski definition) is 7.